The average Bonchev–Trinajstić information content (AvgIpc) is 3.09. The molecule has 0 radical (unpaired) electrons. The van der Waals surface area contributed by atoms with E-state index in [4.69, 9.17) is 4.74 Å². The van der Waals surface area contributed by atoms with Gasteiger partial charge in [-0.2, -0.15) is 10.2 Å². The van der Waals surface area contributed by atoms with Crippen LogP contribution in [0.2, 0.25) is 0 Å². The molecule has 2 aromatic heterocycles. The van der Waals surface area contributed by atoms with E-state index in [1.54, 1.807) is 0 Å². The molecule has 8 nitrogen and oxygen atoms in total. The fourth-order valence-electron chi connectivity index (χ4n) is 4.66. The van der Waals surface area contributed by atoms with Crippen LogP contribution in [0, 0.1) is 5.92 Å². The summed E-state index contributed by atoms with van der Waals surface area (Å²) in [6, 6.07) is 1.84. The van der Waals surface area contributed by atoms with Crippen molar-refractivity contribution in [3.63, 3.8) is 0 Å². The Balaban J connectivity index is 1.21. The highest BCUT2D eigenvalue weighted by atomic mass is 16.5. The number of aromatic nitrogens is 4. The Labute approximate surface area is 171 Å². The van der Waals surface area contributed by atoms with Crippen molar-refractivity contribution in [1.82, 2.24) is 30.2 Å². The number of amides is 2. The minimum Gasteiger partial charge on any atom is -0.370 e. The Hall–Kier alpha value is -2.35. The molecule has 5 rings (SSSR count). The first-order valence-corrected chi connectivity index (χ1v) is 10.9. The van der Waals surface area contributed by atoms with Crippen LogP contribution in [0.5, 0.6) is 0 Å². The van der Waals surface area contributed by atoms with Gasteiger partial charge in [0.1, 0.15) is 6.10 Å². The molecule has 8 heteroatoms. The highest BCUT2D eigenvalue weighted by Crippen LogP contribution is 2.34. The predicted molar refractivity (Wildman–Crippen MR) is 107 cm³/mol. The van der Waals surface area contributed by atoms with Gasteiger partial charge >= 0.3 is 6.03 Å². The third-order valence-corrected chi connectivity index (χ3v) is 6.44. The third kappa shape index (κ3) is 3.90. The minimum atomic E-state index is -0.149. The van der Waals surface area contributed by atoms with Crippen molar-refractivity contribution in [2.75, 3.05) is 6.61 Å². The second kappa shape index (κ2) is 7.82. The number of hydrogen-bond donors (Lipinski definition) is 2. The Morgan fingerprint density at radius 1 is 1.28 bits per heavy atom. The van der Waals surface area contributed by atoms with E-state index in [-0.39, 0.29) is 18.2 Å². The molecule has 2 amide bonds. The van der Waals surface area contributed by atoms with Crippen LogP contribution in [0.1, 0.15) is 60.9 Å². The van der Waals surface area contributed by atoms with Crippen molar-refractivity contribution in [3.8, 4) is 0 Å². The zero-order valence-electron chi connectivity index (χ0n) is 17.1. The summed E-state index contributed by atoms with van der Waals surface area (Å²) in [5.74, 6) is 0.745. The van der Waals surface area contributed by atoms with Crippen LogP contribution < -0.4 is 10.6 Å². The van der Waals surface area contributed by atoms with Crippen LogP contribution in [-0.4, -0.2) is 38.2 Å². The molecule has 2 aliphatic carbocycles. The van der Waals surface area contributed by atoms with E-state index in [0.717, 1.165) is 43.1 Å². The Morgan fingerprint density at radius 3 is 3.00 bits per heavy atom. The molecule has 2 fully saturated rings. The summed E-state index contributed by atoms with van der Waals surface area (Å²) in [6.45, 7) is 2.11. The molecule has 156 valence electrons. The first-order valence-electron chi connectivity index (χ1n) is 10.9. The summed E-state index contributed by atoms with van der Waals surface area (Å²) in [5.41, 5.74) is 4.71. The lowest BCUT2D eigenvalue weighted by Gasteiger charge is -2.21. The van der Waals surface area contributed by atoms with Gasteiger partial charge in [0, 0.05) is 26.4 Å². The van der Waals surface area contributed by atoms with E-state index >= 15 is 0 Å². The summed E-state index contributed by atoms with van der Waals surface area (Å²) >= 11 is 0. The standard InChI is InChI=1S/C21H30N6O2/c1-26-19(15-4-2-3-5-16(15)25-26)12-22-21(28)24-17-9-11-29-20(17)18-8-10-23-27(18)13-14-6-7-14/h8,10,14,17,20H,2-7,9,11-13H2,1H3,(H2,22,24,28)/t17-,20-/m1/s1. The number of urea groups is 1. The summed E-state index contributed by atoms with van der Waals surface area (Å²) in [4.78, 5) is 12.6. The Bertz CT molecular complexity index is 884. The zero-order chi connectivity index (χ0) is 19.8. The van der Waals surface area contributed by atoms with Crippen LogP contribution >= 0.6 is 0 Å². The largest absolute Gasteiger partial charge is 0.370 e. The molecule has 0 unspecified atom stereocenters. The molecule has 2 atom stereocenters. The van der Waals surface area contributed by atoms with Crippen LogP contribution in [0.3, 0.4) is 0 Å². The molecule has 2 aromatic rings. The van der Waals surface area contributed by atoms with Gasteiger partial charge in [0.25, 0.3) is 0 Å². The highest BCUT2D eigenvalue weighted by Gasteiger charge is 2.34. The first-order chi connectivity index (χ1) is 14.2. The van der Waals surface area contributed by atoms with Gasteiger partial charge in [0.2, 0.25) is 0 Å². The number of nitrogens with zero attached hydrogens (tertiary/aromatic N) is 4. The maximum Gasteiger partial charge on any atom is 0.315 e. The number of aryl methyl sites for hydroxylation is 2. The minimum absolute atomic E-state index is 0.0369. The van der Waals surface area contributed by atoms with E-state index in [0.29, 0.717) is 13.2 Å². The topological polar surface area (TPSA) is 86.0 Å². The van der Waals surface area contributed by atoms with Crippen molar-refractivity contribution in [1.29, 1.82) is 0 Å². The molecule has 1 aliphatic heterocycles. The summed E-state index contributed by atoms with van der Waals surface area (Å²) in [7, 11) is 1.97. The van der Waals surface area contributed by atoms with Crippen molar-refractivity contribution < 1.29 is 9.53 Å². The van der Waals surface area contributed by atoms with Gasteiger partial charge in [-0.1, -0.05) is 0 Å². The van der Waals surface area contributed by atoms with E-state index in [1.165, 1.54) is 36.9 Å². The maximum atomic E-state index is 12.6. The number of fused-ring (bicyclic) bond motifs is 1. The molecule has 0 bridgehead atoms. The molecule has 0 spiro atoms. The lowest BCUT2D eigenvalue weighted by Crippen LogP contribution is -2.43. The van der Waals surface area contributed by atoms with E-state index < -0.39 is 0 Å². The first kappa shape index (κ1) is 18.7. The lowest BCUT2D eigenvalue weighted by atomic mass is 9.96. The van der Waals surface area contributed by atoms with Crippen molar-refractivity contribution in [2.24, 2.45) is 13.0 Å². The Morgan fingerprint density at radius 2 is 2.14 bits per heavy atom. The smallest absolute Gasteiger partial charge is 0.315 e. The van der Waals surface area contributed by atoms with Crippen LogP contribution in [-0.2, 0) is 37.7 Å². The van der Waals surface area contributed by atoms with Gasteiger partial charge in [-0.25, -0.2) is 4.79 Å². The fourth-order valence-corrected chi connectivity index (χ4v) is 4.66. The van der Waals surface area contributed by atoms with Gasteiger partial charge in [0.05, 0.1) is 29.7 Å². The lowest BCUT2D eigenvalue weighted by molar-refractivity contribution is 0.0921. The maximum absolute atomic E-state index is 12.6. The Kier molecular flexibility index (Phi) is 5.03. The highest BCUT2D eigenvalue weighted by molar-refractivity contribution is 5.74. The summed E-state index contributed by atoms with van der Waals surface area (Å²) in [6.07, 6.45) is 9.60. The van der Waals surface area contributed by atoms with E-state index in [9.17, 15) is 4.79 Å². The zero-order valence-corrected chi connectivity index (χ0v) is 17.1. The molecule has 0 aromatic carbocycles. The second-order valence-corrected chi connectivity index (χ2v) is 8.60. The average molecular weight is 399 g/mol. The molecule has 1 saturated carbocycles. The molecular formula is C21H30N6O2. The van der Waals surface area contributed by atoms with E-state index in [2.05, 4.69) is 25.5 Å². The van der Waals surface area contributed by atoms with Crippen LogP contribution in [0.4, 0.5) is 4.79 Å². The van der Waals surface area contributed by atoms with Gasteiger partial charge in [-0.05, 0) is 62.5 Å². The van der Waals surface area contributed by atoms with Crippen molar-refractivity contribution in [3.05, 3.63) is 34.9 Å². The number of nitrogens with one attached hydrogen (secondary N) is 2. The van der Waals surface area contributed by atoms with Crippen LogP contribution in [0.15, 0.2) is 12.3 Å². The van der Waals surface area contributed by atoms with Gasteiger partial charge < -0.3 is 15.4 Å². The molecule has 2 N–H and O–H groups in total. The summed E-state index contributed by atoms with van der Waals surface area (Å²) in [5, 5.41) is 15.3. The molecule has 1 saturated heterocycles. The molecule has 3 heterocycles. The van der Waals surface area contributed by atoms with Gasteiger partial charge in [-0.3, -0.25) is 9.36 Å². The number of carbonyl (C=O) groups is 1. The number of rotatable bonds is 6. The van der Waals surface area contributed by atoms with Crippen molar-refractivity contribution in [2.45, 2.75) is 70.2 Å². The summed E-state index contributed by atoms with van der Waals surface area (Å²) < 4.78 is 9.96. The van der Waals surface area contributed by atoms with Crippen LogP contribution in [0.25, 0.3) is 0 Å². The molecule has 29 heavy (non-hydrogen) atoms. The normalized spacial score (nSPS) is 23.8. The van der Waals surface area contributed by atoms with Crippen molar-refractivity contribution >= 4 is 6.03 Å². The van der Waals surface area contributed by atoms with E-state index in [1.807, 2.05) is 24.0 Å². The fraction of sp³-hybridized carbons (Fsp3) is 0.667. The second-order valence-electron chi connectivity index (χ2n) is 8.60. The number of carbonyl (C=O) groups excluding carboxylic acids is 1. The third-order valence-electron chi connectivity index (χ3n) is 6.44. The quantitative estimate of drug-likeness (QED) is 0.781. The molecule has 3 aliphatic rings. The number of hydrogen-bond acceptors (Lipinski definition) is 4. The SMILES string of the molecule is Cn1nc2c(c1CNC(=O)N[C@@H]1CCO[C@H]1c1ccnn1CC1CC1)CCCC2. The van der Waals surface area contributed by atoms with Gasteiger partial charge in [0.15, 0.2) is 0 Å². The predicted octanol–water partition coefficient (Wildman–Crippen LogP) is 2.23. The van der Waals surface area contributed by atoms with Gasteiger partial charge in [-0.15, -0.1) is 0 Å². The molecular weight excluding hydrogens is 368 g/mol. The monoisotopic (exact) mass is 398 g/mol. The number of ether oxygens (including phenoxy) is 1.